The van der Waals surface area contributed by atoms with Crippen molar-refractivity contribution in [2.24, 2.45) is 0 Å². The van der Waals surface area contributed by atoms with E-state index in [-0.39, 0.29) is 12.9 Å². The lowest BCUT2D eigenvalue weighted by atomic mass is 9.96. The third-order valence-corrected chi connectivity index (χ3v) is 4.56. The molecule has 2 aromatic carbocycles. The monoisotopic (exact) mass is 342 g/mol. The van der Waals surface area contributed by atoms with Crippen LogP contribution in [0.1, 0.15) is 55.4 Å². The fourth-order valence-corrected chi connectivity index (χ4v) is 2.80. The fourth-order valence-electron chi connectivity index (χ4n) is 2.80. The van der Waals surface area contributed by atoms with E-state index < -0.39 is 0 Å². The van der Waals surface area contributed by atoms with Crippen LogP contribution in [0, 0.1) is 6.92 Å². The van der Waals surface area contributed by atoms with Crippen LogP contribution in [0.2, 0.25) is 0 Å². The molecular weight excluding hydrogens is 312 g/mol. The summed E-state index contributed by atoms with van der Waals surface area (Å²) in [6, 6.07) is 14.5. The predicted octanol–water partition coefficient (Wildman–Crippen LogP) is 4.98. The molecule has 3 heteroatoms. The summed E-state index contributed by atoms with van der Waals surface area (Å²) in [4.78, 5) is 0. The zero-order valence-electron chi connectivity index (χ0n) is 15.8. The first kappa shape index (κ1) is 19.5. The highest BCUT2D eigenvalue weighted by Crippen LogP contribution is 2.27. The Morgan fingerprint density at radius 2 is 1.88 bits per heavy atom. The zero-order valence-corrected chi connectivity index (χ0v) is 15.8. The molecule has 2 unspecified atom stereocenters. The van der Waals surface area contributed by atoms with E-state index in [0.717, 1.165) is 18.4 Å². The Morgan fingerprint density at radius 3 is 2.56 bits per heavy atom. The van der Waals surface area contributed by atoms with Gasteiger partial charge in [0.05, 0.1) is 13.2 Å². The number of aryl methyl sites for hydroxylation is 1. The van der Waals surface area contributed by atoms with Gasteiger partial charge in [0.1, 0.15) is 5.75 Å². The maximum absolute atomic E-state index is 9.64. The highest BCUT2D eigenvalue weighted by Gasteiger charge is 2.11. The van der Waals surface area contributed by atoms with Crippen molar-refractivity contribution in [1.82, 2.24) is 0 Å². The average Bonchev–Trinajstić information content (AvgIpc) is 2.61. The Labute approximate surface area is 151 Å². The fraction of sp³-hybridized carbons (Fsp3) is 0.455. The molecule has 0 aliphatic rings. The topological polar surface area (TPSA) is 38.7 Å². The Balaban J connectivity index is 1.90. The van der Waals surface area contributed by atoms with Crippen LogP contribution in [0.4, 0.5) is 0 Å². The molecule has 3 nitrogen and oxygen atoms in total. The van der Waals surface area contributed by atoms with Crippen LogP contribution in [-0.2, 0) is 17.8 Å². The number of hydrogen-bond donors (Lipinski definition) is 1. The normalized spacial score (nSPS) is 13.5. The first-order valence-corrected chi connectivity index (χ1v) is 9.11. The number of benzene rings is 2. The molecule has 2 atom stereocenters. The average molecular weight is 342 g/mol. The third-order valence-electron chi connectivity index (χ3n) is 4.56. The van der Waals surface area contributed by atoms with Gasteiger partial charge in [0, 0.05) is 5.56 Å². The summed E-state index contributed by atoms with van der Waals surface area (Å²) in [6.07, 6.45) is 1.57. The van der Waals surface area contributed by atoms with Crippen molar-refractivity contribution in [3.8, 4) is 5.75 Å². The number of ether oxygens (including phenoxy) is 2. The summed E-state index contributed by atoms with van der Waals surface area (Å²) in [6.45, 7) is 8.90. The van der Waals surface area contributed by atoms with Crippen LogP contribution in [0.25, 0.3) is 0 Å². The van der Waals surface area contributed by atoms with Gasteiger partial charge in [0.2, 0.25) is 0 Å². The van der Waals surface area contributed by atoms with E-state index in [4.69, 9.17) is 9.47 Å². The van der Waals surface area contributed by atoms with Gasteiger partial charge in [-0.25, -0.2) is 0 Å². The predicted molar refractivity (Wildman–Crippen MR) is 102 cm³/mol. The molecule has 25 heavy (non-hydrogen) atoms. The molecule has 0 aliphatic carbocycles. The maximum Gasteiger partial charge on any atom is 0.197 e. The molecule has 2 aromatic rings. The highest BCUT2D eigenvalue weighted by molar-refractivity contribution is 5.38. The standard InChI is InChI=1S/C22H30O3/c1-5-17(3)20-9-10-22(21(14-20)15-23)25-18(4)24-12-11-19-8-6-7-16(2)13-19/h6-10,13-14,17-18,23H,5,11-12,15H2,1-4H3. The van der Waals surface area contributed by atoms with Crippen molar-refractivity contribution in [3.05, 3.63) is 64.7 Å². The van der Waals surface area contributed by atoms with Gasteiger partial charge in [0.25, 0.3) is 0 Å². The van der Waals surface area contributed by atoms with E-state index in [1.807, 2.05) is 19.1 Å². The zero-order chi connectivity index (χ0) is 18.2. The van der Waals surface area contributed by atoms with E-state index in [0.29, 0.717) is 18.3 Å². The van der Waals surface area contributed by atoms with Gasteiger partial charge in [-0.2, -0.15) is 0 Å². The minimum absolute atomic E-state index is 0.0321. The number of aliphatic hydroxyl groups is 1. The lowest BCUT2D eigenvalue weighted by Crippen LogP contribution is -2.18. The molecule has 136 valence electrons. The van der Waals surface area contributed by atoms with Gasteiger partial charge in [-0.15, -0.1) is 0 Å². The SMILES string of the molecule is CCC(C)c1ccc(OC(C)OCCc2cccc(C)c2)c(CO)c1. The molecule has 0 fully saturated rings. The highest BCUT2D eigenvalue weighted by atomic mass is 16.7. The minimum Gasteiger partial charge on any atom is -0.465 e. The van der Waals surface area contributed by atoms with E-state index in [9.17, 15) is 5.11 Å². The van der Waals surface area contributed by atoms with E-state index in [1.165, 1.54) is 16.7 Å². The smallest absolute Gasteiger partial charge is 0.197 e. The van der Waals surface area contributed by atoms with Crippen LogP contribution in [-0.4, -0.2) is 18.0 Å². The molecule has 0 spiro atoms. The lowest BCUT2D eigenvalue weighted by molar-refractivity contribution is -0.0662. The second-order valence-corrected chi connectivity index (χ2v) is 6.63. The molecule has 1 N–H and O–H groups in total. The molecule has 0 saturated carbocycles. The summed E-state index contributed by atoms with van der Waals surface area (Å²) in [7, 11) is 0. The molecule has 0 aliphatic heterocycles. The van der Waals surface area contributed by atoms with Crippen molar-refractivity contribution in [2.45, 2.75) is 59.4 Å². The van der Waals surface area contributed by atoms with Gasteiger partial charge in [-0.3, -0.25) is 0 Å². The second kappa shape index (κ2) is 9.59. The largest absolute Gasteiger partial charge is 0.465 e. The van der Waals surface area contributed by atoms with Crippen LogP contribution in [0.3, 0.4) is 0 Å². The number of hydrogen-bond acceptors (Lipinski definition) is 3. The van der Waals surface area contributed by atoms with E-state index in [2.05, 4.69) is 51.1 Å². The second-order valence-electron chi connectivity index (χ2n) is 6.63. The molecule has 0 amide bonds. The molecule has 0 aromatic heterocycles. The van der Waals surface area contributed by atoms with E-state index in [1.54, 1.807) is 0 Å². The van der Waals surface area contributed by atoms with Crippen LogP contribution < -0.4 is 4.74 Å². The summed E-state index contributed by atoms with van der Waals surface area (Å²) in [5.74, 6) is 1.17. The minimum atomic E-state index is -0.357. The van der Waals surface area contributed by atoms with E-state index >= 15 is 0 Å². The van der Waals surface area contributed by atoms with Crippen molar-refractivity contribution in [3.63, 3.8) is 0 Å². The lowest BCUT2D eigenvalue weighted by Gasteiger charge is -2.19. The Hall–Kier alpha value is -1.84. The quantitative estimate of drug-likeness (QED) is 0.653. The Morgan fingerprint density at radius 1 is 1.08 bits per heavy atom. The molecule has 0 bridgehead atoms. The van der Waals surface area contributed by atoms with Crippen molar-refractivity contribution >= 4 is 0 Å². The van der Waals surface area contributed by atoms with Crippen LogP contribution >= 0.6 is 0 Å². The van der Waals surface area contributed by atoms with Gasteiger partial charge in [-0.1, -0.05) is 49.7 Å². The Bertz CT molecular complexity index is 666. The van der Waals surface area contributed by atoms with Gasteiger partial charge >= 0.3 is 0 Å². The molecule has 0 radical (unpaired) electrons. The van der Waals surface area contributed by atoms with Crippen molar-refractivity contribution in [1.29, 1.82) is 0 Å². The summed E-state index contributed by atoms with van der Waals surface area (Å²) < 4.78 is 11.7. The molecule has 0 saturated heterocycles. The number of rotatable bonds is 9. The van der Waals surface area contributed by atoms with Crippen LogP contribution in [0.15, 0.2) is 42.5 Å². The van der Waals surface area contributed by atoms with Gasteiger partial charge in [-0.05, 0) is 55.9 Å². The van der Waals surface area contributed by atoms with Crippen LogP contribution in [0.5, 0.6) is 5.75 Å². The first-order valence-electron chi connectivity index (χ1n) is 9.11. The molecule has 0 heterocycles. The number of aliphatic hydroxyl groups excluding tert-OH is 1. The maximum atomic E-state index is 9.64. The summed E-state index contributed by atoms with van der Waals surface area (Å²) >= 11 is 0. The molecule has 2 rings (SSSR count). The van der Waals surface area contributed by atoms with Crippen molar-refractivity contribution < 1.29 is 14.6 Å². The van der Waals surface area contributed by atoms with Gasteiger partial charge < -0.3 is 14.6 Å². The summed E-state index contributed by atoms with van der Waals surface area (Å²) in [5, 5.41) is 9.64. The van der Waals surface area contributed by atoms with Crippen molar-refractivity contribution in [2.75, 3.05) is 6.61 Å². The first-order chi connectivity index (χ1) is 12.0. The third kappa shape index (κ3) is 5.87. The van der Waals surface area contributed by atoms with Gasteiger partial charge in [0.15, 0.2) is 6.29 Å². The summed E-state index contributed by atoms with van der Waals surface area (Å²) in [5.41, 5.74) is 4.57. The molecular formula is C22H30O3. The Kier molecular flexibility index (Phi) is 7.48.